The van der Waals surface area contributed by atoms with Gasteiger partial charge in [0, 0.05) is 0 Å². The minimum Gasteiger partial charge on any atom is -0.372 e. The molecule has 10 heavy (non-hydrogen) atoms. The summed E-state index contributed by atoms with van der Waals surface area (Å²) < 4.78 is 5.22. The van der Waals surface area contributed by atoms with Gasteiger partial charge in [0.05, 0.1) is 13.2 Å². The van der Waals surface area contributed by atoms with Crippen LogP contribution in [-0.2, 0) is 4.74 Å². The van der Waals surface area contributed by atoms with Gasteiger partial charge in [0.15, 0.2) is 0 Å². The smallest absolute Gasteiger partial charge is 0.0724 e. The van der Waals surface area contributed by atoms with Crippen molar-refractivity contribution in [3.63, 3.8) is 0 Å². The van der Waals surface area contributed by atoms with E-state index in [9.17, 15) is 0 Å². The highest BCUT2D eigenvalue weighted by Crippen LogP contribution is 2.15. The van der Waals surface area contributed by atoms with Crippen molar-refractivity contribution in [2.75, 3.05) is 13.2 Å². The Balaban J connectivity index is 2.77. The van der Waals surface area contributed by atoms with Crippen LogP contribution in [0.15, 0.2) is 36.0 Å². The van der Waals surface area contributed by atoms with E-state index in [1.54, 1.807) is 0 Å². The molecule has 0 aromatic carbocycles. The summed E-state index contributed by atoms with van der Waals surface area (Å²) in [6, 6.07) is 0. The summed E-state index contributed by atoms with van der Waals surface area (Å²) in [6.07, 6.45) is 5.96. The molecule has 1 nitrogen and oxygen atoms in total. The van der Waals surface area contributed by atoms with E-state index in [-0.39, 0.29) is 0 Å². The SMILES string of the molecule is C=CC1=C(/C=C\C)COC1. The zero-order chi connectivity index (χ0) is 7.40. The quantitative estimate of drug-likeness (QED) is 0.564. The first-order chi connectivity index (χ1) is 4.88. The van der Waals surface area contributed by atoms with E-state index in [2.05, 4.69) is 12.7 Å². The second-order valence-corrected chi connectivity index (χ2v) is 2.25. The van der Waals surface area contributed by atoms with E-state index in [0.29, 0.717) is 0 Å². The Morgan fingerprint density at radius 1 is 1.40 bits per heavy atom. The monoisotopic (exact) mass is 136 g/mol. The molecule has 0 fully saturated rings. The molecule has 1 aliphatic heterocycles. The molecule has 0 saturated carbocycles. The van der Waals surface area contributed by atoms with E-state index in [1.807, 2.05) is 19.1 Å². The van der Waals surface area contributed by atoms with Crippen molar-refractivity contribution in [3.05, 3.63) is 36.0 Å². The molecule has 1 aliphatic rings. The molecule has 1 rings (SSSR count). The summed E-state index contributed by atoms with van der Waals surface area (Å²) in [5.41, 5.74) is 2.48. The Morgan fingerprint density at radius 2 is 2.10 bits per heavy atom. The molecule has 0 aliphatic carbocycles. The maximum Gasteiger partial charge on any atom is 0.0724 e. The first-order valence-electron chi connectivity index (χ1n) is 3.43. The van der Waals surface area contributed by atoms with Gasteiger partial charge in [-0.05, 0) is 18.1 Å². The highest BCUT2D eigenvalue weighted by molar-refractivity contribution is 5.35. The van der Waals surface area contributed by atoms with Gasteiger partial charge in [-0.3, -0.25) is 0 Å². The number of hydrogen-bond acceptors (Lipinski definition) is 1. The number of hydrogen-bond donors (Lipinski definition) is 0. The number of rotatable bonds is 2. The molecule has 0 unspecified atom stereocenters. The average Bonchev–Trinajstić information content (AvgIpc) is 2.36. The zero-order valence-electron chi connectivity index (χ0n) is 6.26. The molecule has 1 heterocycles. The van der Waals surface area contributed by atoms with E-state index in [4.69, 9.17) is 4.74 Å². The van der Waals surface area contributed by atoms with Crippen molar-refractivity contribution < 1.29 is 4.74 Å². The molecule has 0 amide bonds. The Morgan fingerprint density at radius 3 is 2.70 bits per heavy atom. The fourth-order valence-electron chi connectivity index (χ4n) is 1.00. The molecule has 0 aromatic rings. The predicted octanol–water partition coefficient (Wildman–Crippen LogP) is 2.08. The van der Waals surface area contributed by atoms with Crippen LogP contribution in [0.25, 0.3) is 0 Å². The lowest BCUT2D eigenvalue weighted by atomic mass is 10.1. The largest absolute Gasteiger partial charge is 0.372 e. The lowest BCUT2D eigenvalue weighted by Gasteiger charge is -1.90. The fraction of sp³-hybridized carbons (Fsp3) is 0.333. The van der Waals surface area contributed by atoms with Gasteiger partial charge in [-0.15, -0.1) is 0 Å². The van der Waals surface area contributed by atoms with Crippen molar-refractivity contribution in [1.29, 1.82) is 0 Å². The Labute approximate surface area is 61.7 Å². The van der Waals surface area contributed by atoms with Crippen LogP contribution < -0.4 is 0 Å². The summed E-state index contributed by atoms with van der Waals surface area (Å²) >= 11 is 0. The maximum atomic E-state index is 5.22. The van der Waals surface area contributed by atoms with Crippen LogP contribution in [0.1, 0.15) is 6.92 Å². The Kier molecular flexibility index (Phi) is 2.46. The van der Waals surface area contributed by atoms with Crippen LogP contribution >= 0.6 is 0 Å². The molecular formula is C9H12O. The van der Waals surface area contributed by atoms with Gasteiger partial charge in [0.2, 0.25) is 0 Å². The number of allylic oxidation sites excluding steroid dienone is 1. The Hall–Kier alpha value is -0.820. The van der Waals surface area contributed by atoms with Gasteiger partial charge >= 0.3 is 0 Å². The van der Waals surface area contributed by atoms with Crippen LogP contribution in [-0.4, -0.2) is 13.2 Å². The van der Waals surface area contributed by atoms with Crippen molar-refractivity contribution in [2.45, 2.75) is 6.92 Å². The number of ether oxygens (including phenoxy) is 1. The van der Waals surface area contributed by atoms with Crippen molar-refractivity contribution in [2.24, 2.45) is 0 Å². The second kappa shape index (κ2) is 3.37. The van der Waals surface area contributed by atoms with Crippen LogP contribution in [0.4, 0.5) is 0 Å². The molecule has 1 heteroatoms. The van der Waals surface area contributed by atoms with Crippen LogP contribution in [0.5, 0.6) is 0 Å². The van der Waals surface area contributed by atoms with Gasteiger partial charge in [-0.2, -0.15) is 0 Å². The molecule has 0 radical (unpaired) electrons. The third-order valence-corrected chi connectivity index (χ3v) is 1.54. The summed E-state index contributed by atoms with van der Waals surface area (Å²) in [5, 5.41) is 0. The zero-order valence-corrected chi connectivity index (χ0v) is 6.26. The van der Waals surface area contributed by atoms with E-state index < -0.39 is 0 Å². The molecule has 0 N–H and O–H groups in total. The van der Waals surface area contributed by atoms with Gasteiger partial charge in [0.1, 0.15) is 0 Å². The first kappa shape index (κ1) is 7.29. The second-order valence-electron chi connectivity index (χ2n) is 2.25. The molecule has 0 bridgehead atoms. The average molecular weight is 136 g/mol. The normalized spacial score (nSPS) is 18.9. The minimum atomic E-state index is 0.725. The predicted molar refractivity (Wildman–Crippen MR) is 42.9 cm³/mol. The summed E-state index contributed by atoms with van der Waals surface area (Å²) in [7, 11) is 0. The van der Waals surface area contributed by atoms with Gasteiger partial charge in [-0.1, -0.05) is 24.8 Å². The Bertz CT molecular complexity index is 187. The minimum absolute atomic E-state index is 0.725. The first-order valence-corrected chi connectivity index (χ1v) is 3.43. The van der Waals surface area contributed by atoms with Crippen molar-refractivity contribution in [3.8, 4) is 0 Å². The standard InChI is InChI=1S/C9H12O/c1-3-5-9-7-10-6-8(9)4-2/h3-5H,2,6-7H2,1H3/b5-3-. The summed E-state index contributed by atoms with van der Waals surface area (Å²) in [6.45, 7) is 7.18. The van der Waals surface area contributed by atoms with Crippen LogP contribution in [0, 0.1) is 0 Å². The fourth-order valence-corrected chi connectivity index (χ4v) is 1.00. The molecule has 0 saturated heterocycles. The maximum absolute atomic E-state index is 5.22. The summed E-state index contributed by atoms with van der Waals surface area (Å²) in [5.74, 6) is 0. The summed E-state index contributed by atoms with van der Waals surface area (Å²) in [4.78, 5) is 0. The molecule has 54 valence electrons. The van der Waals surface area contributed by atoms with Crippen LogP contribution in [0.3, 0.4) is 0 Å². The van der Waals surface area contributed by atoms with E-state index >= 15 is 0 Å². The lowest BCUT2D eigenvalue weighted by molar-refractivity contribution is 0.207. The lowest BCUT2D eigenvalue weighted by Crippen LogP contribution is -1.82. The van der Waals surface area contributed by atoms with E-state index in [0.717, 1.165) is 13.2 Å². The highest BCUT2D eigenvalue weighted by Gasteiger charge is 2.08. The van der Waals surface area contributed by atoms with Crippen LogP contribution in [0.2, 0.25) is 0 Å². The van der Waals surface area contributed by atoms with Crippen molar-refractivity contribution in [1.82, 2.24) is 0 Å². The van der Waals surface area contributed by atoms with Gasteiger partial charge in [0.25, 0.3) is 0 Å². The van der Waals surface area contributed by atoms with Gasteiger partial charge < -0.3 is 4.74 Å². The van der Waals surface area contributed by atoms with E-state index in [1.165, 1.54) is 11.1 Å². The highest BCUT2D eigenvalue weighted by atomic mass is 16.5. The molecular weight excluding hydrogens is 124 g/mol. The van der Waals surface area contributed by atoms with Crippen molar-refractivity contribution >= 4 is 0 Å². The van der Waals surface area contributed by atoms with Gasteiger partial charge in [-0.25, -0.2) is 0 Å². The third kappa shape index (κ3) is 1.36. The molecule has 0 spiro atoms. The third-order valence-electron chi connectivity index (χ3n) is 1.54. The molecule has 0 aromatic heterocycles. The topological polar surface area (TPSA) is 9.23 Å². The molecule has 0 atom stereocenters.